The second-order valence-corrected chi connectivity index (χ2v) is 2.66. The summed E-state index contributed by atoms with van der Waals surface area (Å²) in [6.07, 6.45) is 6.73. The van der Waals surface area contributed by atoms with Crippen molar-refractivity contribution in [2.24, 2.45) is 0 Å². The van der Waals surface area contributed by atoms with Gasteiger partial charge in [-0.15, -0.1) is 6.42 Å². The molecular formula is C9H7NO4. The van der Waals surface area contributed by atoms with Gasteiger partial charge in [-0.2, -0.15) is 0 Å². The molecule has 0 bridgehead atoms. The first-order chi connectivity index (χ1) is 6.56. The van der Waals surface area contributed by atoms with E-state index in [1.165, 1.54) is 0 Å². The Morgan fingerprint density at radius 3 is 2.36 bits per heavy atom. The van der Waals surface area contributed by atoms with Crippen LogP contribution in [0.5, 0.6) is 0 Å². The van der Waals surface area contributed by atoms with Crippen LogP contribution in [0.3, 0.4) is 0 Å². The zero-order valence-corrected chi connectivity index (χ0v) is 7.14. The summed E-state index contributed by atoms with van der Waals surface area (Å²) in [7, 11) is 0. The first-order valence-corrected chi connectivity index (χ1v) is 3.79. The average Bonchev–Trinajstić information content (AvgIpc) is 2.43. The van der Waals surface area contributed by atoms with E-state index in [9.17, 15) is 14.4 Å². The third-order valence-corrected chi connectivity index (χ3v) is 1.72. The quantitative estimate of drug-likeness (QED) is 0.479. The van der Waals surface area contributed by atoms with E-state index in [2.05, 4.69) is 5.92 Å². The van der Waals surface area contributed by atoms with Crippen molar-refractivity contribution in [3.8, 4) is 12.3 Å². The van der Waals surface area contributed by atoms with Gasteiger partial charge in [0.05, 0.1) is 6.42 Å². The molecule has 1 atom stereocenters. The zero-order chi connectivity index (χ0) is 10.7. The molecule has 72 valence electrons. The van der Waals surface area contributed by atoms with E-state index < -0.39 is 30.2 Å². The Hall–Kier alpha value is -2.09. The van der Waals surface area contributed by atoms with Crippen molar-refractivity contribution in [1.82, 2.24) is 4.90 Å². The minimum Gasteiger partial charge on any atom is -0.481 e. The molecule has 0 unspecified atom stereocenters. The zero-order valence-electron chi connectivity index (χ0n) is 7.14. The second kappa shape index (κ2) is 3.75. The Kier molecular flexibility index (Phi) is 2.67. The van der Waals surface area contributed by atoms with E-state index in [1.807, 2.05) is 0 Å². The van der Waals surface area contributed by atoms with Crippen LogP contribution in [0.4, 0.5) is 0 Å². The third kappa shape index (κ3) is 1.80. The normalized spacial score (nSPS) is 16.9. The number of nitrogens with zero attached hydrogens (tertiary/aromatic N) is 1. The number of carboxylic acids is 1. The molecule has 0 aromatic rings. The first-order valence-electron chi connectivity index (χ1n) is 3.79. The van der Waals surface area contributed by atoms with Crippen LogP contribution < -0.4 is 0 Å². The van der Waals surface area contributed by atoms with Gasteiger partial charge in [0, 0.05) is 12.2 Å². The second-order valence-electron chi connectivity index (χ2n) is 2.66. The van der Waals surface area contributed by atoms with Crippen LogP contribution in [-0.4, -0.2) is 33.8 Å². The molecule has 14 heavy (non-hydrogen) atoms. The summed E-state index contributed by atoms with van der Waals surface area (Å²) in [6, 6.07) is -1.01. The molecule has 0 aromatic carbocycles. The largest absolute Gasteiger partial charge is 0.481 e. The fraction of sp³-hybridized carbons (Fsp3) is 0.222. The lowest BCUT2D eigenvalue weighted by molar-refractivity contribution is -0.141. The highest BCUT2D eigenvalue weighted by Gasteiger charge is 2.31. The van der Waals surface area contributed by atoms with Gasteiger partial charge in [-0.1, -0.05) is 5.92 Å². The minimum absolute atomic E-state index is 0.435. The summed E-state index contributed by atoms with van der Waals surface area (Å²) in [5.41, 5.74) is 0. The Morgan fingerprint density at radius 1 is 1.50 bits per heavy atom. The fourth-order valence-electron chi connectivity index (χ4n) is 1.11. The average molecular weight is 193 g/mol. The number of aliphatic carboxylic acids is 1. The fourth-order valence-corrected chi connectivity index (χ4v) is 1.11. The third-order valence-electron chi connectivity index (χ3n) is 1.72. The Morgan fingerprint density at radius 2 is 2.00 bits per heavy atom. The van der Waals surface area contributed by atoms with Crippen molar-refractivity contribution in [1.29, 1.82) is 0 Å². The Bertz CT molecular complexity index is 345. The van der Waals surface area contributed by atoms with Gasteiger partial charge in [-0.3, -0.25) is 19.3 Å². The number of rotatable bonds is 3. The van der Waals surface area contributed by atoms with Gasteiger partial charge in [0.2, 0.25) is 0 Å². The number of imide groups is 1. The lowest BCUT2D eigenvalue weighted by Crippen LogP contribution is -2.40. The molecule has 0 saturated carbocycles. The molecule has 1 heterocycles. The molecule has 0 radical (unpaired) electrons. The number of carboxylic acid groups (broad SMARTS) is 1. The van der Waals surface area contributed by atoms with Crippen LogP contribution in [0.2, 0.25) is 0 Å². The standard InChI is InChI=1S/C9H7NO4/c1-2-6(5-9(13)14)10-7(11)3-4-8(10)12/h1,3-4,6H,5H2,(H,13,14)/t6-/m1/s1. The van der Waals surface area contributed by atoms with Crippen LogP contribution in [0.1, 0.15) is 6.42 Å². The highest BCUT2D eigenvalue weighted by molar-refractivity contribution is 6.13. The Labute approximate surface area is 80.0 Å². The summed E-state index contributed by atoms with van der Waals surface area (Å²) in [5, 5.41) is 8.48. The summed E-state index contributed by atoms with van der Waals surface area (Å²) < 4.78 is 0. The van der Waals surface area contributed by atoms with E-state index in [0.717, 1.165) is 17.1 Å². The molecule has 0 saturated heterocycles. The molecular weight excluding hydrogens is 186 g/mol. The molecule has 0 fully saturated rings. The summed E-state index contributed by atoms with van der Waals surface area (Å²) in [4.78, 5) is 33.3. The molecule has 1 aliphatic rings. The maximum Gasteiger partial charge on any atom is 0.306 e. The topological polar surface area (TPSA) is 74.7 Å². The van der Waals surface area contributed by atoms with Crippen molar-refractivity contribution in [2.75, 3.05) is 0 Å². The molecule has 1 aliphatic heterocycles. The van der Waals surface area contributed by atoms with Gasteiger partial charge in [-0.05, 0) is 0 Å². The van der Waals surface area contributed by atoms with Crippen LogP contribution in [0.15, 0.2) is 12.2 Å². The number of carbonyl (C=O) groups is 3. The van der Waals surface area contributed by atoms with E-state index in [1.54, 1.807) is 0 Å². The number of hydrogen-bond acceptors (Lipinski definition) is 3. The summed E-state index contributed by atoms with van der Waals surface area (Å²) >= 11 is 0. The van der Waals surface area contributed by atoms with Crippen molar-refractivity contribution < 1.29 is 19.5 Å². The lowest BCUT2D eigenvalue weighted by Gasteiger charge is -2.19. The van der Waals surface area contributed by atoms with E-state index in [0.29, 0.717) is 0 Å². The smallest absolute Gasteiger partial charge is 0.306 e. The molecule has 0 aromatic heterocycles. The summed E-state index contributed by atoms with van der Waals surface area (Å²) in [6.45, 7) is 0. The monoisotopic (exact) mass is 193 g/mol. The van der Waals surface area contributed by atoms with Crippen molar-refractivity contribution in [2.45, 2.75) is 12.5 Å². The molecule has 2 amide bonds. The van der Waals surface area contributed by atoms with Crippen LogP contribution >= 0.6 is 0 Å². The molecule has 0 aliphatic carbocycles. The van der Waals surface area contributed by atoms with Gasteiger partial charge >= 0.3 is 5.97 Å². The van der Waals surface area contributed by atoms with Crippen molar-refractivity contribution in [3.05, 3.63) is 12.2 Å². The lowest BCUT2D eigenvalue weighted by atomic mass is 10.2. The number of amides is 2. The minimum atomic E-state index is -1.15. The molecule has 1 N–H and O–H groups in total. The molecule has 1 rings (SSSR count). The summed E-state index contributed by atoms with van der Waals surface area (Å²) in [5.74, 6) is -0.193. The van der Waals surface area contributed by atoms with Gasteiger partial charge in [0.15, 0.2) is 0 Å². The van der Waals surface area contributed by atoms with E-state index >= 15 is 0 Å². The van der Waals surface area contributed by atoms with Crippen molar-refractivity contribution in [3.63, 3.8) is 0 Å². The first kappa shape index (κ1) is 9.99. The predicted octanol–water partition coefficient (Wildman–Crippen LogP) is -0.612. The number of terminal acetylenes is 1. The SMILES string of the molecule is C#C[C@H](CC(=O)O)N1C(=O)C=CC1=O. The van der Waals surface area contributed by atoms with Gasteiger partial charge < -0.3 is 5.11 Å². The maximum absolute atomic E-state index is 11.1. The number of carbonyl (C=O) groups excluding carboxylic acids is 2. The van der Waals surface area contributed by atoms with Gasteiger partial charge in [0.1, 0.15) is 6.04 Å². The highest BCUT2D eigenvalue weighted by atomic mass is 16.4. The van der Waals surface area contributed by atoms with Crippen LogP contribution in [0, 0.1) is 12.3 Å². The van der Waals surface area contributed by atoms with E-state index in [4.69, 9.17) is 11.5 Å². The molecule has 5 heteroatoms. The predicted molar refractivity (Wildman–Crippen MR) is 45.9 cm³/mol. The molecule has 5 nitrogen and oxygen atoms in total. The maximum atomic E-state index is 11.1. The molecule has 0 spiro atoms. The van der Waals surface area contributed by atoms with Gasteiger partial charge in [-0.25, -0.2) is 0 Å². The van der Waals surface area contributed by atoms with Gasteiger partial charge in [0.25, 0.3) is 11.8 Å². The number of hydrogen-bond donors (Lipinski definition) is 1. The van der Waals surface area contributed by atoms with Crippen LogP contribution in [0.25, 0.3) is 0 Å². The Balaban J connectivity index is 2.81. The van der Waals surface area contributed by atoms with Crippen LogP contribution in [-0.2, 0) is 14.4 Å². The van der Waals surface area contributed by atoms with Crippen molar-refractivity contribution >= 4 is 17.8 Å². The highest BCUT2D eigenvalue weighted by Crippen LogP contribution is 2.11. The van der Waals surface area contributed by atoms with E-state index in [-0.39, 0.29) is 0 Å².